The second-order valence-electron chi connectivity index (χ2n) is 5.16. The summed E-state index contributed by atoms with van der Waals surface area (Å²) in [5.74, 6) is 0.443. The minimum Gasteiger partial charge on any atom is -0.393 e. The van der Waals surface area contributed by atoms with E-state index >= 15 is 0 Å². The van der Waals surface area contributed by atoms with Gasteiger partial charge in [0.15, 0.2) is 0 Å². The lowest BCUT2D eigenvalue weighted by atomic mass is 10.0. The summed E-state index contributed by atoms with van der Waals surface area (Å²) >= 11 is 1.77. The van der Waals surface area contributed by atoms with E-state index in [0.29, 0.717) is 12.0 Å². The molecule has 1 saturated carbocycles. The fourth-order valence-corrected chi connectivity index (χ4v) is 3.00. The van der Waals surface area contributed by atoms with Crippen LogP contribution >= 0.6 is 11.8 Å². The first-order valence-electron chi connectivity index (χ1n) is 6.76. The quantitative estimate of drug-likeness (QED) is 0.802. The molecule has 0 saturated heterocycles. The van der Waals surface area contributed by atoms with Crippen molar-refractivity contribution >= 4 is 11.8 Å². The summed E-state index contributed by atoms with van der Waals surface area (Å²) < 4.78 is 0. The second-order valence-corrected chi connectivity index (χ2v) is 6.04. The first-order chi connectivity index (χ1) is 8.70. The second kappa shape index (κ2) is 6.60. The minimum atomic E-state index is -0.0939. The number of nitrogens with one attached hydrogen (secondary N) is 1. The number of benzene rings is 1. The van der Waals surface area contributed by atoms with Gasteiger partial charge in [-0.3, -0.25) is 0 Å². The Kier molecular flexibility index (Phi) is 5.10. The number of hydrogen-bond acceptors (Lipinski definition) is 3. The van der Waals surface area contributed by atoms with Crippen LogP contribution in [0.25, 0.3) is 0 Å². The highest BCUT2D eigenvalue weighted by atomic mass is 32.2. The van der Waals surface area contributed by atoms with Gasteiger partial charge in [0, 0.05) is 17.5 Å². The van der Waals surface area contributed by atoms with Gasteiger partial charge in [0.1, 0.15) is 0 Å². The molecule has 0 bridgehead atoms. The molecule has 0 radical (unpaired) electrons. The van der Waals surface area contributed by atoms with E-state index in [0.717, 1.165) is 19.4 Å². The Morgan fingerprint density at radius 3 is 2.61 bits per heavy atom. The van der Waals surface area contributed by atoms with Crippen molar-refractivity contribution in [2.75, 3.05) is 12.8 Å². The lowest BCUT2D eigenvalue weighted by Gasteiger charge is -2.20. The molecule has 1 aromatic rings. The van der Waals surface area contributed by atoms with E-state index in [9.17, 15) is 5.11 Å². The summed E-state index contributed by atoms with van der Waals surface area (Å²) in [5, 5.41) is 13.3. The number of rotatable bonds is 5. The Balaban J connectivity index is 1.84. The summed E-state index contributed by atoms with van der Waals surface area (Å²) in [7, 11) is 0. The fourth-order valence-electron chi connectivity index (χ4n) is 2.59. The van der Waals surface area contributed by atoms with Crippen molar-refractivity contribution in [2.45, 2.75) is 43.2 Å². The zero-order valence-corrected chi connectivity index (χ0v) is 12.0. The molecule has 2 N–H and O–H groups in total. The van der Waals surface area contributed by atoms with Crippen LogP contribution in [0, 0.1) is 5.92 Å². The first-order valence-corrected chi connectivity index (χ1v) is 7.98. The van der Waals surface area contributed by atoms with Gasteiger partial charge < -0.3 is 10.4 Å². The molecule has 0 heterocycles. The van der Waals surface area contributed by atoms with Crippen LogP contribution in [0.4, 0.5) is 0 Å². The molecule has 0 aliphatic heterocycles. The molecule has 3 atom stereocenters. The monoisotopic (exact) mass is 265 g/mol. The van der Waals surface area contributed by atoms with Crippen LogP contribution in [0.15, 0.2) is 29.2 Å². The first kappa shape index (κ1) is 13.9. The molecule has 1 aliphatic carbocycles. The smallest absolute Gasteiger partial charge is 0.0580 e. The van der Waals surface area contributed by atoms with Gasteiger partial charge >= 0.3 is 0 Å². The zero-order chi connectivity index (χ0) is 13.0. The van der Waals surface area contributed by atoms with Crippen LogP contribution < -0.4 is 5.32 Å². The van der Waals surface area contributed by atoms with Crippen molar-refractivity contribution in [2.24, 2.45) is 5.92 Å². The molecule has 3 heteroatoms. The van der Waals surface area contributed by atoms with Crippen LogP contribution in [-0.2, 0) is 0 Å². The van der Waals surface area contributed by atoms with Gasteiger partial charge in [0.25, 0.3) is 0 Å². The van der Waals surface area contributed by atoms with Crippen molar-refractivity contribution in [3.8, 4) is 0 Å². The van der Waals surface area contributed by atoms with Crippen LogP contribution in [0.2, 0.25) is 0 Å². The van der Waals surface area contributed by atoms with Crippen LogP contribution in [0.1, 0.15) is 37.8 Å². The Morgan fingerprint density at radius 2 is 2.06 bits per heavy atom. The number of hydrogen-bond donors (Lipinski definition) is 2. The maximum Gasteiger partial charge on any atom is 0.0580 e. The molecule has 1 aromatic carbocycles. The number of aliphatic hydroxyl groups excluding tert-OH is 1. The van der Waals surface area contributed by atoms with Gasteiger partial charge in [-0.2, -0.15) is 0 Å². The molecule has 2 rings (SSSR count). The summed E-state index contributed by atoms with van der Waals surface area (Å²) in [6.45, 7) is 3.11. The summed E-state index contributed by atoms with van der Waals surface area (Å²) in [4.78, 5) is 1.30. The molecule has 2 nitrogen and oxygen atoms in total. The van der Waals surface area contributed by atoms with E-state index in [1.165, 1.54) is 16.9 Å². The fraction of sp³-hybridized carbons (Fsp3) is 0.600. The van der Waals surface area contributed by atoms with Gasteiger partial charge in [0.2, 0.25) is 0 Å². The molecule has 0 amide bonds. The topological polar surface area (TPSA) is 32.3 Å². The van der Waals surface area contributed by atoms with E-state index < -0.39 is 0 Å². The van der Waals surface area contributed by atoms with Crippen molar-refractivity contribution in [3.05, 3.63) is 29.8 Å². The normalized spacial score (nSPS) is 25.3. The van der Waals surface area contributed by atoms with Crippen LogP contribution in [0.5, 0.6) is 0 Å². The largest absolute Gasteiger partial charge is 0.393 e. The van der Waals surface area contributed by atoms with Gasteiger partial charge in [-0.1, -0.05) is 18.6 Å². The zero-order valence-electron chi connectivity index (χ0n) is 11.2. The Morgan fingerprint density at radius 1 is 1.33 bits per heavy atom. The van der Waals surface area contributed by atoms with Crippen molar-refractivity contribution in [1.29, 1.82) is 0 Å². The Bertz CT molecular complexity index is 365. The third-order valence-electron chi connectivity index (χ3n) is 3.92. The molecule has 1 fully saturated rings. The summed E-state index contributed by atoms with van der Waals surface area (Å²) in [5.41, 5.74) is 1.32. The molecule has 0 spiro atoms. The van der Waals surface area contributed by atoms with Gasteiger partial charge in [-0.05, 0) is 49.6 Å². The van der Waals surface area contributed by atoms with Crippen LogP contribution in [-0.4, -0.2) is 24.0 Å². The highest BCUT2D eigenvalue weighted by molar-refractivity contribution is 7.98. The standard InChI is InChI=1S/C15H23NOS/c1-11(12-6-8-14(18-2)9-7-12)16-10-13-4-3-5-15(13)17/h6-9,11,13,15-17H,3-5,10H2,1-2H3. The molecule has 100 valence electrons. The Labute approximate surface area is 114 Å². The minimum absolute atomic E-state index is 0.0939. The van der Waals surface area contributed by atoms with E-state index in [1.807, 2.05) is 0 Å². The van der Waals surface area contributed by atoms with Gasteiger partial charge in [-0.15, -0.1) is 11.8 Å². The molecule has 3 unspecified atom stereocenters. The number of aliphatic hydroxyl groups is 1. The molecular formula is C15H23NOS. The maximum absolute atomic E-state index is 9.80. The predicted molar refractivity (Wildman–Crippen MR) is 78.0 cm³/mol. The summed E-state index contributed by atoms with van der Waals surface area (Å²) in [6, 6.07) is 9.07. The highest BCUT2D eigenvalue weighted by Gasteiger charge is 2.25. The van der Waals surface area contributed by atoms with Crippen molar-refractivity contribution < 1.29 is 5.11 Å². The third kappa shape index (κ3) is 3.50. The highest BCUT2D eigenvalue weighted by Crippen LogP contribution is 2.26. The van der Waals surface area contributed by atoms with Crippen molar-refractivity contribution in [1.82, 2.24) is 5.32 Å². The van der Waals surface area contributed by atoms with Crippen LogP contribution in [0.3, 0.4) is 0 Å². The maximum atomic E-state index is 9.80. The van der Waals surface area contributed by atoms with E-state index in [4.69, 9.17) is 0 Å². The van der Waals surface area contributed by atoms with Gasteiger partial charge in [-0.25, -0.2) is 0 Å². The van der Waals surface area contributed by atoms with E-state index in [1.54, 1.807) is 11.8 Å². The number of thioether (sulfide) groups is 1. The molecule has 1 aliphatic rings. The predicted octanol–water partition coefficient (Wildman–Crippen LogP) is 3.22. The molecule has 18 heavy (non-hydrogen) atoms. The van der Waals surface area contributed by atoms with E-state index in [2.05, 4.69) is 42.8 Å². The third-order valence-corrected chi connectivity index (χ3v) is 4.66. The average molecular weight is 265 g/mol. The lowest BCUT2D eigenvalue weighted by Crippen LogP contribution is -2.29. The van der Waals surface area contributed by atoms with Gasteiger partial charge in [0.05, 0.1) is 6.10 Å². The van der Waals surface area contributed by atoms with Crippen molar-refractivity contribution in [3.63, 3.8) is 0 Å². The average Bonchev–Trinajstić information content (AvgIpc) is 2.81. The Hall–Kier alpha value is -0.510. The molecular weight excluding hydrogens is 242 g/mol. The molecule has 0 aromatic heterocycles. The SMILES string of the molecule is CSc1ccc(C(C)NCC2CCCC2O)cc1. The summed E-state index contributed by atoms with van der Waals surface area (Å²) in [6.07, 6.45) is 5.31. The lowest BCUT2D eigenvalue weighted by molar-refractivity contribution is 0.130. The van der Waals surface area contributed by atoms with E-state index in [-0.39, 0.29) is 6.10 Å².